The summed E-state index contributed by atoms with van der Waals surface area (Å²) in [5.74, 6) is -0.773. The van der Waals surface area contributed by atoms with Crippen molar-refractivity contribution >= 4 is 27.5 Å². The highest BCUT2D eigenvalue weighted by Crippen LogP contribution is 2.23. The minimum atomic E-state index is -0.464. The van der Waals surface area contributed by atoms with Crippen LogP contribution in [0.25, 0.3) is 0 Å². The van der Waals surface area contributed by atoms with Crippen molar-refractivity contribution in [1.82, 2.24) is 0 Å². The van der Waals surface area contributed by atoms with Gasteiger partial charge in [-0.3, -0.25) is 4.79 Å². The van der Waals surface area contributed by atoms with Gasteiger partial charge in [0.15, 0.2) is 0 Å². The van der Waals surface area contributed by atoms with E-state index in [2.05, 4.69) is 21.2 Å². The van der Waals surface area contributed by atoms with Gasteiger partial charge < -0.3 is 11.1 Å². The standard InChI is InChI=1S/C14H12BrFN2O/c15-12-5-4-11(16)7-13(12)18-8-9-2-1-3-10(6-9)14(17)19/h1-7,18H,8H2,(H2,17,19). The van der Waals surface area contributed by atoms with Gasteiger partial charge in [-0.1, -0.05) is 12.1 Å². The number of hydrogen-bond acceptors (Lipinski definition) is 2. The molecule has 0 aliphatic rings. The summed E-state index contributed by atoms with van der Waals surface area (Å²) in [6.07, 6.45) is 0. The number of halogens is 2. The summed E-state index contributed by atoms with van der Waals surface area (Å²) in [6, 6.07) is 11.4. The summed E-state index contributed by atoms with van der Waals surface area (Å²) in [7, 11) is 0. The van der Waals surface area contributed by atoms with E-state index in [1.54, 1.807) is 24.3 Å². The minimum absolute atomic E-state index is 0.309. The van der Waals surface area contributed by atoms with Gasteiger partial charge in [0.05, 0.1) is 5.69 Å². The molecule has 1 amide bonds. The molecule has 98 valence electrons. The van der Waals surface area contributed by atoms with Gasteiger partial charge >= 0.3 is 0 Å². The van der Waals surface area contributed by atoms with Crippen molar-refractivity contribution in [3.63, 3.8) is 0 Å². The third-order valence-corrected chi connectivity index (χ3v) is 3.31. The van der Waals surface area contributed by atoms with Crippen molar-refractivity contribution in [3.05, 3.63) is 63.9 Å². The second-order valence-electron chi connectivity index (χ2n) is 4.04. The number of nitrogens with one attached hydrogen (secondary N) is 1. The average Bonchev–Trinajstić information content (AvgIpc) is 2.40. The second kappa shape index (κ2) is 5.84. The number of anilines is 1. The molecular formula is C14H12BrFN2O. The molecule has 0 bridgehead atoms. The fourth-order valence-electron chi connectivity index (χ4n) is 1.66. The first-order valence-electron chi connectivity index (χ1n) is 5.64. The third-order valence-electron chi connectivity index (χ3n) is 2.62. The summed E-state index contributed by atoms with van der Waals surface area (Å²) in [6.45, 7) is 0.475. The lowest BCUT2D eigenvalue weighted by molar-refractivity contribution is 0.1000. The predicted molar refractivity (Wildman–Crippen MR) is 76.4 cm³/mol. The van der Waals surface area contributed by atoms with Crippen molar-refractivity contribution in [2.24, 2.45) is 5.73 Å². The molecule has 0 spiro atoms. The van der Waals surface area contributed by atoms with Gasteiger partial charge in [-0.2, -0.15) is 0 Å². The largest absolute Gasteiger partial charge is 0.380 e. The van der Waals surface area contributed by atoms with E-state index in [0.29, 0.717) is 17.8 Å². The second-order valence-corrected chi connectivity index (χ2v) is 4.90. The van der Waals surface area contributed by atoms with Crippen LogP contribution < -0.4 is 11.1 Å². The lowest BCUT2D eigenvalue weighted by Gasteiger charge is -2.09. The molecule has 19 heavy (non-hydrogen) atoms. The first kappa shape index (κ1) is 13.5. The Morgan fingerprint density at radius 1 is 1.26 bits per heavy atom. The predicted octanol–water partition coefficient (Wildman–Crippen LogP) is 3.30. The number of amides is 1. The lowest BCUT2D eigenvalue weighted by Crippen LogP contribution is -2.11. The van der Waals surface area contributed by atoms with Crippen LogP contribution >= 0.6 is 15.9 Å². The van der Waals surface area contributed by atoms with Crippen molar-refractivity contribution in [2.45, 2.75) is 6.54 Å². The summed E-state index contributed by atoms with van der Waals surface area (Å²) in [4.78, 5) is 11.1. The molecule has 5 heteroatoms. The van der Waals surface area contributed by atoms with Gasteiger partial charge in [0.25, 0.3) is 0 Å². The van der Waals surface area contributed by atoms with Crippen LogP contribution in [0.4, 0.5) is 10.1 Å². The van der Waals surface area contributed by atoms with Crippen LogP contribution in [0.15, 0.2) is 46.9 Å². The fourth-order valence-corrected chi connectivity index (χ4v) is 2.05. The average molecular weight is 323 g/mol. The Balaban J connectivity index is 2.12. The highest BCUT2D eigenvalue weighted by Gasteiger charge is 2.04. The molecule has 0 radical (unpaired) electrons. The van der Waals surface area contributed by atoms with E-state index in [1.807, 2.05) is 6.07 Å². The molecule has 2 aromatic rings. The minimum Gasteiger partial charge on any atom is -0.380 e. The van der Waals surface area contributed by atoms with E-state index in [1.165, 1.54) is 12.1 Å². The summed E-state index contributed by atoms with van der Waals surface area (Å²) in [5, 5.41) is 3.10. The van der Waals surface area contributed by atoms with Crippen LogP contribution in [0.3, 0.4) is 0 Å². The molecule has 0 aliphatic heterocycles. The Kier molecular flexibility index (Phi) is 4.16. The van der Waals surface area contributed by atoms with Crippen LogP contribution in [0.5, 0.6) is 0 Å². The zero-order valence-electron chi connectivity index (χ0n) is 9.99. The molecule has 0 aromatic heterocycles. The van der Waals surface area contributed by atoms with Gasteiger partial charge in [0.1, 0.15) is 5.82 Å². The topological polar surface area (TPSA) is 55.1 Å². The first-order chi connectivity index (χ1) is 9.06. The van der Waals surface area contributed by atoms with Gasteiger partial charge in [0, 0.05) is 16.6 Å². The molecule has 0 heterocycles. The third kappa shape index (κ3) is 3.54. The molecule has 2 aromatic carbocycles. The smallest absolute Gasteiger partial charge is 0.248 e. The molecule has 0 fully saturated rings. The number of nitrogens with two attached hydrogens (primary N) is 1. The highest BCUT2D eigenvalue weighted by atomic mass is 79.9. The van der Waals surface area contributed by atoms with Crippen LogP contribution in [-0.2, 0) is 6.54 Å². The molecule has 3 N–H and O–H groups in total. The van der Waals surface area contributed by atoms with Gasteiger partial charge in [-0.05, 0) is 51.8 Å². The van der Waals surface area contributed by atoms with Gasteiger partial charge in [-0.25, -0.2) is 4.39 Å². The van der Waals surface area contributed by atoms with Crippen molar-refractivity contribution in [1.29, 1.82) is 0 Å². The van der Waals surface area contributed by atoms with Gasteiger partial charge in [-0.15, -0.1) is 0 Å². The van der Waals surface area contributed by atoms with Crippen LogP contribution in [0.1, 0.15) is 15.9 Å². The van der Waals surface area contributed by atoms with E-state index >= 15 is 0 Å². The summed E-state index contributed by atoms with van der Waals surface area (Å²) in [5.41, 5.74) is 7.23. The van der Waals surface area contributed by atoms with Crippen molar-refractivity contribution in [2.75, 3.05) is 5.32 Å². The van der Waals surface area contributed by atoms with E-state index < -0.39 is 5.91 Å². The van der Waals surface area contributed by atoms with Crippen LogP contribution in [0.2, 0.25) is 0 Å². The molecule has 0 atom stereocenters. The van der Waals surface area contributed by atoms with Crippen LogP contribution in [0, 0.1) is 5.82 Å². The van der Waals surface area contributed by atoms with E-state index in [0.717, 1.165) is 10.0 Å². The molecule has 0 aliphatic carbocycles. The maximum atomic E-state index is 13.1. The van der Waals surface area contributed by atoms with Crippen LogP contribution in [-0.4, -0.2) is 5.91 Å². The number of carbonyl (C=O) groups is 1. The van der Waals surface area contributed by atoms with E-state index in [9.17, 15) is 9.18 Å². The van der Waals surface area contributed by atoms with E-state index in [4.69, 9.17) is 5.73 Å². The number of benzene rings is 2. The van der Waals surface area contributed by atoms with Gasteiger partial charge in [0.2, 0.25) is 5.91 Å². The highest BCUT2D eigenvalue weighted by molar-refractivity contribution is 9.10. The molecule has 3 nitrogen and oxygen atoms in total. The maximum absolute atomic E-state index is 13.1. The quantitative estimate of drug-likeness (QED) is 0.907. The van der Waals surface area contributed by atoms with Crippen molar-refractivity contribution in [3.8, 4) is 0 Å². The Morgan fingerprint density at radius 2 is 2.05 bits per heavy atom. The first-order valence-corrected chi connectivity index (χ1v) is 6.43. The number of rotatable bonds is 4. The SMILES string of the molecule is NC(=O)c1cccc(CNc2cc(F)ccc2Br)c1. The fraction of sp³-hybridized carbons (Fsp3) is 0.0714. The monoisotopic (exact) mass is 322 g/mol. The zero-order chi connectivity index (χ0) is 13.8. The van der Waals surface area contributed by atoms with E-state index in [-0.39, 0.29) is 5.82 Å². The Morgan fingerprint density at radius 3 is 2.79 bits per heavy atom. The Hall–Kier alpha value is -1.88. The zero-order valence-corrected chi connectivity index (χ0v) is 11.6. The number of hydrogen-bond donors (Lipinski definition) is 2. The Bertz CT molecular complexity index is 616. The number of primary amides is 1. The molecule has 2 rings (SSSR count). The molecule has 0 saturated heterocycles. The summed E-state index contributed by atoms with van der Waals surface area (Å²) < 4.78 is 13.9. The Labute approximate surface area is 118 Å². The van der Waals surface area contributed by atoms with Crippen molar-refractivity contribution < 1.29 is 9.18 Å². The normalized spacial score (nSPS) is 10.2. The number of carbonyl (C=O) groups excluding carboxylic acids is 1. The summed E-state index contributed by atoms with van der Waals surface area (Å²) >= 11 is 3.34. The maximum Gasteiger partial charge on any atom is 0.248 e. The molecule has 0 unspecified atom stereocenters. The molecular weight excluding hydrogens is 311 g/mol. The lowest BCUT2D eigenvalue weighted by atomic mass is 10.1. The molecule has 0 saturated carbocycles.